The van der Waals surface area contributed by atoms with E-state index in [-0.39, 0.29) is 29.3 Å². The van der Waals surface area contributed by atoms with Gasteiger partial charge in [-0.3, -0.25) is 14.5 Å². The van der Waals surface area contributed by atoms with Crippen LogP contribution in [0, 0.1) is 5.82 Å². The van der Waals surface area contributed by atoms with Crippen molar-refractivity contribution in [2.45, 2.75) is 37.8 Å². The maximum Gasteiger partial charge on any atom is 0.341 e. The first-order valence-corrected chi connectivity index (χ1v) is 14.4. The van der Waals surface area contributed by atoms with Crippen LogP contribution in [0.15, 0.2) is 46.5 Å². The zero-order valence-electron chi connectivity index (χ0n) is 24.4. The molecule has 12 heteroatoms. The van der Waals surface area contributed by atoms with Gasteiger partial charge in [0, 0.05) is 50.0 Å². The summed E-state index contributed by atoms with van der Waals surface area (Å²) in [5.74, 6) is -1.44. The lowest BCUT2D eigenvalue weighted by Gasteiger charge is -2.39. The molecule has 1 saturated heterocycles. The molecule has 2 aromatic carbocycles. The second kappa shape index (κ2) is 11.3. The number of methoxy groups -OCH3 is 1. The standard InChI is InChI=1S/C31H34FN5O6/c1-34(13-14-36-24-10-6-18(32)15-22(24)26(30(36)39)33-43-3)20-5-4-12-35(16-20)25-11-9-21-27(29(25)42-2)37(19-7-8-19)17-23(28(21)38)31(40)41/h6,9-11,15,17,19-20H,4-5,7-8,12-14,16H2,1-3H3,(H,40,41)/b33-26+. The van der Waals surface area contributed by atoms with Crippen LogP contribution in [0.5, 0.6) is 5.75 Å². The summed E-state index contributed by atoms with van der Waals surface area (Å²) in [5.41, 5.74) is 1.85. The zero-order valence-corrected chi connectivity index (χ0v) is 24.4. The monoisotopic (exact) mass is 591 g/mol. The van der Waals surface area contributed by atoms with Gasteiger partial charge in [-0.15, -0.1) is 0 Å². The highest BCUT2D eigenvalue weighted by Crippen LogP contribution is 2.43. The second-order valence-corrected chi connectivity index (χ2v) is 11.3. The Morgan fingerprint density at radius 2 is 1.91 bits per heavy atom. The van der Waals surface area contributed by atoms with Crippen molar-refractivity contribution in [2.24, 2.45) is 5.16 Å². The third-order valence-electron chi connectivity index (χ3n) is 8.67. The summed E-state index contributed by atoms with van der Waals surface area (Å²) in [4.78, 5) is 48.9. The lowest BCUT2D eigenvalue weighted by atomic mass is 10.0. The number of ether oxygens (including phenoxy) is 1. The van der Waals surface area contributed by atoms with Crippen molar-refractivity contribution in [3.8, 4) is 5.75 Å². The predicted molar refractivity (Wildman–Crippen MR) is 160 cm³/mol. The molecule has 1 N–H and O–H groups in total. The fourth-order valence-electron chi connectivity index (χ4n) is 6.31. The van der Waals surface area contributed by atoms with Gasteiger partial charge in [0.15, 0.2) is 11.5 Å². The number of oxime groups is 1. The highest BCUT2D eigenvalue weighted by atomic mass is 19.1. The number of amides is 1. The molecule has 0 radical (unpaired) electrons. The number of carboxylic acids is 1. The van der Waals surface area contributed by atoms with Crippen molar-refractivity contribution < 1.29 is 28.7 Å². The van der Waals surface area contributed by atoms with E-state index in [4.69, 9.17) is 9.57 Å². The summed E-state index contributed by atoms with van der Waals surface area (Å²) >= 11 is 0. The van der Waals surface area contributed by atoms with E-state index in [1.54, 1.807) is 24.1 Å². The summed E-state index contributed by atoms with van der Waals surface area (Å²) in [7, 11) is 4.96. The van der Waals surface area contributed by atoms with E-state index >= 15 is 0 Å². The highest BCUT2D eigenvalue weighted by Gasteiger charge is 2.36. The van der Waals surface area contributed by atoms with E-state index in [9.17, 15) is 23.9 Å². The Bertz CT molecular complexity index is 1700. The Balaban J connectivity index is 1.24. The highest BCUT2D eigenvalue weighted by molar-refractivity contribution is 6.54. The molecule has 1 saturated carbocycles. The van der Waals surface area contributed by atoms with Gasteiger partial charge in [0.05, 0.1) is 29.4 Å². The fraction of sp³-hybridized carbons (Fsp3) is 0.419. The molecule has 3 aromatic rings. The topological polar surface area (TPSA) is 117 Å². The van der Waals surface area contributed by atoms with E-state index in [0.29, 0.717) is 47.5 Å². The lowest BCUT2D eigenvalue weighted by molar-refractivity contribution is -0.112. The average molecular weight is 592 g/mol. The molecule has 3 aliphatic rings. The molecule has 0 bridgehead atoms. The zero-order chi connectivity index (χ0) is 30.4. The number of hydrogen-bond donors (Lipinski definition) is 1. The van der Waals surface area contributed by atoms with Crippen LogP contribution >= 0.6 is 0 Å². The molecule has 3 heterocycles. The van der Waals surface area contributed by atoms with Gasteiger partial charge in [0.1, 0.15) is 18.5 Å². The average Bonchev–Trinajstić information content (AvgIpc) is 3.81. The molecule has 6 rings (SSSR count). The minimum atomic E-state index is -1.24. The van der Waals surface area contributed by atoms with Crippen molar-refractivity contribution in [1.82, 2.24) is 9.47 Å². The number of carboxylic acid groups (broad SMARTS) is 1. The first-order valence-electron chi connectivity index (χ1n) is 14.4. The molecule has 1 aliphatic carbocycles. The lowest BCUT2D eigenvalue weighted by Crippen LogP contribution is -2.49. The molecular formula is C31H34FN5O6. The van der Waals surface area contributed by atoms with Gasteiger partial charge in [-0.25, -0.2) is 9.18 Å². The number of aromatic nitrogens is 1. The molecule has 1 aromatic heterocycles. The number of aromatic carboxylic acids is 1. The number of carbonyl (C=O) groups excluding carboxylic acids is 1. The summed E-state index contributed by atoms with van der Waals surface area (Å²) in [5, 5.41) is 13.8. The van der Waals surface area contributed by atoms with Crippen molar-refractivity contribution in [1.29, 1.82) is 0 Å². The van der Waals surface area contributed by atoms with Crippen molar-refractivity contribution in [3.63, 3.8) is 0 Å². The van der Waals surface area contributed by atoms with Gasteiger partial charge in [-0.05, 0) is 63.1 Å². The number of hydrogen-bond acceptors (Lipinski definition) is 8. The van der Waals surface area contributed by atoms with Gasteiger partial charge >= 0.3 is 5.97 Å². The Morgan fingerprint density at radius 3 is 2.60 bits per heavy atom. The molecule has 1 unspecified atom stereocenters. The molecule has 1 atom stereocenters. The number of nitrogens with zero attached hydrogens (tertiary/aromatic N) is 5. The van der Waals surface area contributed by atoms with Crippen molar-refractivity contribution in [3.05, 3.63) is 63.7 Å². The Hall–Kier alpha value is -4.45. The number of piperidine rings is 1. The summed E-state index contributed by atoms with van der Waals surface area (Å²) in [6.07, 6.45) is 5.18. The molecule has 2 aliphatic heterocycles. The minimum Gasteiger partial charge on any atom is -0.492 e. The Labute approximate surface area is 247 Å². The normalized spacial score (nSPS) is 19.4. The first-order chi connectivity index (χ1) is 20.7. The first kappa shape index (κ1) is 28.7. The third kappa shape index (κ3) is 5.09. The van der Waals surface area contributed by atoms with E-state index < -0.39 is 17.2 Å². The molecule has 43 heavy (non-hydrogen) atoms. The molecule has 0 spiro atoms. The Morgan fingerprint density at radius 1 is 1.14 bits per heavy atom. The van der Waals surface area contributed by atoms with E-state index in [0.717, 1.165) is 37.9 Å². The Kier molecular flexibility index (Phi) is 7.55. The molecule has 226 valence electrons. The van der Waals surface area contributed by atoms with Gasteiger partial charge in [-0.2, -0.15) is 0 Å². The number of fused-ring (bicyclic) bond motifs is 2. The van der Waals surface area contributed by atoms with Crippen LogP contribution in [0.25, 0.3) is 10.9 Å². The van der Waals surface area contributed by atoms with E-state index in [2.05, 4.69) is 15.0 Å². The number of halogens is 1. The number of likely N-dealkylation sites (N-methyl/N-ethyl adjacent to an activating group) is 1. The summed E-state index contributed by atoms with van der Waals surface area (Å²) < 4.78 is 21.8. The van der Waals surface area contributed by atoms with Crippen LogP contribution in [0.4, 0.5) is 15.8 Å². The maximum atomic E-state index is 13.9. The molecule has 11 nitrogen and oxygen atoms in total. The van der Waals surface area contributed by atoms with E-state index in [1.807, 2.05) is 17.7 Å². The SMILES string of the molecule is CO/N=C1/C(=O)N(CCN(C)C2CCCN(c3ccc4c(=O)c(C(=O)O)cn(C5CC5)c4c3OC)C2)c2ccc(F)cc21. The number of rotatable bonds is 9. The minimum absolute atomic E-state index is 0.0899. The summed E-state index contributed by atoms with van der Waals surface area (Å²) in [6, 6.07) is 8.10. The molecule has 2 fully saturated rings. The van der Waals surface area contributed by atoms with Crippen LogP contribution in [0.3, 0.4) is 0 Å². The number of pyridine rings is 1. The van der Waals surface area contributed by atoms with Gasteiger partial charge in [0.2, 0.25) is 5.43 Å². The fourth-order valence-corrected chi connectivity index (χ4v) is 6.31. The van der Waals surface area contributed by atoms with Crippen molar-refractivity contribution in [2.75, 3.05) is 57.2 Å². The number of benzene rings is 2. The van der Waals surface area contributed by atoms with Crippen LogP contribution in [0.1, 0.15) is 47.6 Å². The predicted octanol–water partition coefficient (Wildman–Crippen LogP) is 3.48. The smallest absolute Gasteiger partial charge is 0.341 e. The van der Waals surface area contributed by atoms with Gasteiger partial charge in [0.25, 0.3) is 5.91 Å². The van der Waals surface area contributed by atoms with Crippen LogP contribution in [-0.4, -0.2) is 85.6 Å². The second-order valence-electron chi connectivity index (χ2n) is 11.3. The third-order valence-corrected chi connectivity index (χ3v) is 8.67. The largest absolute Gasteiger partial charge is 0.492 e. The number of anilines is 2. The molecule has 1 amide bonds. The quantitative estimate of drug-likeness (QED) is 0.376. The maximum absolute atomic E-state index is 13.9. The van der Waals surface area contributed by atoms with E-state index in [1.165, 1.54) is 25.4 Å². The van der Waals surface area contributed by atoms with Gasteiger partial charge < -0.3 is 29.0 Å². The van der Waals surface area contributed by atoms with Gasteiger partial charge in [-0.1, -0.05) is 5.16 Å². The van der Waals surface area contributed by atoms with Crippen LogP contribution in [-0.2, 0) is 9.63 Å². The number of carbonyl (C=O) groups is 2. The van der Waals surface area contributed by atoms with Crippen molar-refractivity contribution >= 4 is 39.9 Å². The summed E-state index contributed by atoms with van der Waals surface area (Å²) in [6.45, 7) is 2.47. The molecular weight excluding hydrogens is 557 g/mol. The van der Waals surface area contributed by atoms with Crippen LogP contribution in [0.2, 0.25) is 0 Å². The van der Waals surface area contributed by atoms with Crippen LogP contribution < -0.4 is 20.0 Å².